The van der Waals surface area contributed by atoms with Gasteiger partial charge in [-0.15, -0.1) is 0 Å². The summed E-state index contributed by atoms with van der Waals surface area (Å²) in [5.41, 5.74) is 4.60. The molecule has 4 rings (SSSR count). The van der Waals surface area contributed by atoms with Gasteiger partial charge in [0.2, 0.25) is 0 Å². The number of fused-ring (bicyclic) bond motifs is 1. The molecule has 1 amide bonds. The van der Waals surface area contributed by atoms with Crippen molar-refractivity contribution in [2.45, 2.75) is 20.0 Å². The van der Waals surface area contributed by atoms with Crippen LogP contribution >= 0.6 is 0 Å². The molecule has 0 bridgehead atoms. The van der Waals surface area contributed by atoms with Crippen LogP contribution in [0.5, 0.6) is 5.75 Å². The first-order valence-electron chi connectivity index (χ1n) is 8.07. The van der Waals surface area contributed by atoms with E-state index < -0.39 is 0 Å². The Morgan fingerprint density at radius 3 is 2.80 bits per heavy atom. The lowest BCUT2D eigenvalue weighted by atomic mass is 10.2. The predicted molar refractivity (Wildman–Crippen MR) is 92.7 cm³/mol. The standard InChI is InChI=1S/C19H18N4O2/c1-13-7-14-10-22(11-15(14)8-20-13)19(24)16-9-21-23(12-16)17-5-3-4-6-18(17)25-2/h3-9,12H,10-11H2,1-2H3. The molecule has 0 N–H and O–H groups in total. The Labute approximate surface area is 145 Å². The summed E-state index contributed by atoms with van der Waals surface area (Å²) < 4.78 is 7.03. The molecule has 0 radical (unpaired) electrons. The molecule has 0 spiro atoms. The van der Waals surface area contributed by atoms with E-state index >= 15 is 0 Å². The molecular formula is C19H18N4O2. The quantitative estimate of drug-likeness (QED) is 0.739. The number of aryl methyl sites for hydroxylation is 1. The Morgan fingerprint density at radius 1 is 1.16 bits per heavy atom. The third-order valence-electron chi connectivity index (χ3n) is 4.39. The number of carbonyl (C=O) groups is 1. The number of methoxy groups -OCH3 is 1. The first-order chi connectivity index (χ1) is 12.2. The summed E-state index contributed by atoms with van der Waals surface area (Å²) in [5.74, 6) is 0.676. The Bertz CT molecular complexity index is 948. The topological polar surface area (TPSA) is 60.2 Å². The molecule has 0 aliphatic carbocycles. The molecule has 1 aliphatic rings. The normalized spacial score (nSPS) is 13.0. The van der Waals surface area contributed by atoms with Crippen LogP contribution in [0.1, 0.15) is 27.2 Å². The lowest BCUT2D eigenvalue weighted by Gasteiger charge is -2.13. The number of rotatable bonds is 3. The first kappa shape index (κ1) is 15.4. The van der Waals surface area contributed by atoms with Gasteiger partial charge >= 0.3 is 0 Å². The summed E-state index contributed by atoms with van der Waals surface area (Å²) in [5, 5.41) is 4.33. The van der Waals surface area contributed by atoms with Crippen LogP contribution in [0.2, 0.25) is 0 Å². The van der Waals surface area contributed by atoms with E-state index in [-0.39, 0.29) is 5.91 Å². The summed E-state index contributed by atoms with van der Waals surface area (Å²) in [4.78, 5) is 18.9. The number of carbonyl (C=O) groups excluding carboxylic acids is 1. The minimum atomic E-state index is -0.0324. The van der Waals surface area contributed by atoms with Crippen LogP contribution in [-0.2, 0) is 13.1 Å². The highest BCUT2D eigenvalue weighted by Crippen LogP contribution is 2.25. The van der Waals surface area contributed by atoms with Crippen LogP contribution in [0.3, 0.4) is 0 Å². The van der Waals surface area contributed by atoms with Gasteiger partial charge < -0.3 is 9.64 Å². The predicted octanol–water partition coefficient (Wildman–Crippen LogP) is 2.74. The van der Waals surface area contributed by atoms with Crippen LogP contribution in [0.25, 0.3) is 5.69 Å². The van der Waals surface area contributed by atoms with E-state index in [0.29, 0.717) is 24.4 Å². The molecule has 6 heteroatoms. The second kappa shape index (κ2) is 6.05. The maximum Gasteiger partial charge on any atom is 0.257 e. The van der Waals surface area contributed by atoms with E-state index in [2.05, 4.69) is 10.1 Å². The lowest BCUT2D eigenvalue weighted by Crippen LogP contribution is -2.24. The minimum Gasteiger partial charge on any atom is -0.494 e. The Balaban J connectivity index is 1.58. The van der Waals surface area contributed by atoms with Crippen molar-refractivity contribution < 1.29 is 9.53 Å². The summed E-state index contributed by atoms with van der Waals surface area (Å²) in [6, 6.07) is 9.62. The van der Waals surface area contributed by atoms with Crippen molar-refractivity contribution in [1.82, 2.24) is 19.7 Å². The highest BCUT2D eigenvalue weighted by atomic mass is 16.5. The van der Waals surface area contributed by atoms with Crippen molar-refractivity contribution in [2.24, 2.45) is 0 Å². The zero-order valence-corrected chi connectivity index (χ0v) is 14.1. The molecule has 3 aromatic rings. The van der Waals surface area contributed by atoms with E-state index in [0.717, 1.165) is 22.5 Å². The van der Waals surface area contributed by atoms with Crippen molar-refractivity contribution >= 4 is 5.91 Å². The third kappa shape index (κ3) is 2.76. The second-order valence-corrected chi connectivity index (χ2v) is 6.10. The zero-order chi connectivity index (χ0) is 17.4. The Hall–Kier alpha value is -3.15. The molecule has 126 valence electrons. The average molecular weight is 334 g/mol. The van der Waals surface area contributed by atoms with Gasteiger partial charge in [-0.3, -0.25) is 9.78 Å². The smallest absolute Gasteiger partial charge is 0.257 e. The number of hydrogen-bond acceptors (Lipinski definition) is 4. The minimum absolute atomic E-state index is 0.0324. The number of para-hydroxylation sites is 2. The van der Waals surface area contributed by atoms with E-state index in [9.17, 15) is 4.79 Å². The van der Waals surface area contributed by atoms with Crippen LogP contribution in [0.15, 0.2) is 48.9 Å². The van der Waals surface area contributed by atoms with Crippen LogP contribution < -0.4 is 4.74 Å². The number of amides is 1. The van der Waals surface area contributed by atoms with Gasteiger partial charge in [-0.1, -0.05) is 12.1 Å². The maximum absolute atomic E-state index is 12.8. The van der Waals surface area contributed by atoms with Crippen molar-refractivity contribution in [3.63, 3.8) is 0 Å². The van der Waals surface area contributed by atoms with Crippen LogP contribution in [-0.4, -0.2) is 32.7 Å². The van der Waals surface area contributed by atoms with Gasteiger partial charge in [0, 0.05) is 31.2 Å². The number of ether oxygens (including phenoxy) is 1. The first-order valence-corrected chi connectivity index (χ1v) is 8.07. The zero-order valence-electron chi connectivity index (χ0n) is 14.1. The highest BCUT2D eigenvalue weighted by molar-refractivity contribution is 5.94. The molecule has 25 heavy (non-hydrogen) atoms. The number of pyridine rings is 1. The molecule has 0 saturated carbocycles. The molecule has 0 atom stereocenters. The fourth-order valence-corrected chi connectivity index (χ4v) is 3.11. The molecular weight excluding hydrogens is 316 g/mol. The van der Waals surface area contributed by atoms with Gasteiger partial charge in [-0.25, -0.2) is 4.68 Å². The molecule has 6 nitrogen and oxygen atoms in total. The molecule has 2 aromatic heterocycles. The number of aromatic nitrogens is 3. The van der Waals surface area contributed by atoms with Crippen LogP contribution in [0.4, 0.5) is 0 Å². The van der Waals surface area contributed by atoms with Crippen LogP contribution in [0, 0.1) is 6.92 Å². The van der Waals surface area contributed by atoms with Crippen molar-refractivity contribution in [1.29, 1.82) is 0 Å². The van der Waals surface area contributed by atoms with Crippen molar-refractivity contribution in [3.05, 3.63) is 71.3 Å². The molecule has 1 aromatic carbocycles. The summed E-state index contributed by atoms with van der Waals surface area (Å²) in [6.07, 6.45) is 5.20. The summed E-state index contributed by atoms with van der Waals surface area (Å²) in [6.45, 7) is 3.15. The highest BCUT2D eigenvalue weighted by Gasteiger charge is 2.25. The second-order valence-electron chi connectivity index (χ2n) is 6.10. The summed E-state index contributed by atoms with van der Waals surface area (Å²) >= 11 is 0. The van der Waals surface area contributed by atoms with E-state index in [1.807, 2.05) is 48.4 Å². The summed E-state index contributed by atoms with van der Waals surface area (Å²) in [7, 11) is 1.62. The fourth-order valence-electron chi connectivity index (χ4n) is 3.11. The molecule has 0 saturated heterocycles. The lowest BCUT2D eigenvalue weighted by molar-refractivity contribution is 0.0751. The number of nitrogens with zero attached hydrogens (tertiary/aromatic N) is 4. The van der Waals surface area contributed by atoms with E-state index in [1.165, 1.54) is 0 Å². The van der Waals surface area contributed by atoms with Gasteiger partial charge in [-0.2, -0.15) is 5.10 Å². The number of benzene rings is 1. The average Bonchev–Trinajstić information content (AvgIpc) is 3.27. The fraction of sp³-hybridized carbons (Fsp3) is 0.211. The van der Waals surface area contributed by atoms with Gasteiger partial charge in [0.15, 0.2) is 0 Å². The SMILES string of the molecule is COc1ccccc1-n1cc(C(=O)N2Cc3cnc(C)cc3C2)cn1. The third-order valence-corrected chi connectivity index (χ3v) is 4.39. The Morgan fingerprint density at radius 2 is 1.96 bits per heavy atom. The molecule has 1 aliphatic heterocycles. The van der Waals surface area contributed by atoms with E-state index in [1.54, 1.807) is 24.2 Å². The van der Waals surface area contributed by atoms with Gasteiger partial charge in [0.1, 0.15) is 11.4 Å². The molecule has 0 unspecified atom stereocenters. The van der Waals surface area contributed by atoms with E-state index in [4.69, 9.17) is 4.74 Å². The Kier molecular flexibility index (Phi) is 3.72. The molecule has 0 fully saturated rings. The van der Waals surface area contributed by atoms with Gasteiger partial charge in [-0.05, 0) is 36.2 Å². The van der Waals surface area contributed by atoms with Crippen molar-refractivity contribution in [2.75, 3.05) is 7.11 Å². The number of hydrogen-bond donors (Lipinski definition) is 0. The molecule has 3 heterocycles. The monoisotopic (exact) mass is 334 g/mol. The maximum atomic E-state index is 12.8. The van der Waals surface area contributed by atoms with Gasteiger partial charge in [0.05, 0.1) is 18.9 Å². The van der Waals surface area contributed by atoms with Crippen molar-refractivity contribution in [3.8, 4) is 11.4 Å². The largest absolute Gasteiger partial charge is 0.494 e. The van der Waals surface area contributed by atoms with Gasteiger partial charge in [0.25, 0.3) is 5.91 Å².